The molecule has 1 heterocycles. The fraction of sp³-hybridized carbons (Fsp3) is 0.0625. The summed E-state index contributed by atoms with van der Waals surface area (Å²) in [5.74, 6) is 1.07. The van der Waals surface area contributed by atoms with E-state index >= 15 is 0 Å². The van der Waals surface area contributed by atoms with Gasteiger partial charge < -0.3 is 9.84 Å². The quantitative estimate of drug-likeness (QED) is 0.693. The molecule has 0 saturated carbocycles. The smallest absolute Gasteiger partial charge is 0.307 e. The second kappa shape index (κ2) is 6.66. The Labute approximate surface area is 145 Å². The number of nitrogens with one attached hydrogen (secondary N) is 1. The van der Waals surface area contributed by atoms with Crippen molar-refractivity contribution in [2.45, 2.75) is 6.42 Å². The zero-order valence-electron chi connectivity index (χ0n) is 11.7. The largest absolute Gasteiger partial charge is 0.494 e. The fourth-order valence-corrected chi connectivity index (χ4v) is 3.22. The first-order chi connectivity index (χ1) is 11.0. The van der Waals surface area contributed by atoms with Crippen molar-refractivity contribution in [3.63, 3.8) is 0 Å². The minimum Gasteiger partial charge on any atom is -0.494 e. The van der Waals surface area contributed by atoms with E-state index in [2.05, 4.69) is 4.98 Å². The number of hydrogen-bond donors (Lipinski definition) is 2. The van der Waals surface area contributed by atoms with Crippen LogP contribution in [0.15, 0.2) is 47.3 Å². The van der Waals surface area contributed by atoms with Crippen molar-refractivity contribution in [3.8, 4) is 17.4 Å². The highest BCUT2D eigenvalue weighted by Gasteiger charge is 2.08. The summed E-state index contributed by atoms with van der Waals surface area (Å²) in [6.45, 7) is 0. The van der Waals surface area contributed by atoms with Gasteiger partial charge in [-0.05, 0) is 35.9 Å². The van der Waals surface area contributed by atoms with Gasteiger partial charge in [0.25, 0.3) is 0 Å². The van der Waals surface area contributed by atoms with Gasteiger partial charge in [-0.3, -0.25) is 9.78 Å². The van der Waals surface area contributed by atoms with Gasteiger partial charge in [0.05, 0.1) is 9.90 Å². The first kappa shape index (κ1) is 15.9. The van der Waals surface area contributed by atoms with Gasteiger partial charge in [-0.2, -0.15) is 0 Å². The molecule has 0 atom stereocenters. The van der Waals surface area contributed by atoms with Gasteiger partial charge in [-0.15, -0.1) is 0 Å². The Morgan fingerprint density at radius 2 is 1.87 bits per heavy atom. The first-order valence-corrected chi connectivity index (χ1v) is 8.21. The maximum Gasteiger partial charge on any atom is 0.307 e. The highest BCUT2D eigenvalue weighted by atomic mass is 35.5. The first-order valence-electron chi connectivity index (χ1n) is 6.64. The molecule has 1 aromatic heterocycles. The Hall–Kier alpha value is -1.95. The second-order valence-corrected chi connectivity index (χ2v) is 6.70. The van der Waals surface area contributed by atoms with Crippen molar-refractivity contribution in [1.82, 2.24) is 4.98 Å². The van der Waals surface area contributed by atoms with Crippen LogP contribution in [0, 0.1) is 0 Å². The van der Waals surface area contributed by atoms with Crippen molar-refractivity contribution >= 4 is 34.5 Å². The summed E-state index contributed by atoms with van der Waals surface area (Å²) in [6, 6.07) is 12.3. The molecule has 3 aromatic rings. The summed E-state index contributed by atoms with van der Waals surface area (Å²) < 4.78 is 5.70. The van der Waals surface area contributed by atoms with E-state index in [-0.39, 0.29) is 10.8 Å². The van der Waals surface area contributed by atoms with Crippen LogP contribution in [0.1, 0.15) is 10.4 Å². The molecule has 0 fully saturated rings. The van der Waals surface area contributed by atoms with Gasteiger partial charge in [0.2, 0.25) is 5.88 Å². The van der Waals surface area contributed by atoms with Crippen LogP contribution < -0.4 is 9.61 Å². The molecule has 4 nitrogen and oxygen atoms in total. The standard InChI is InChI=1S/C16H11Cl2NO3S/c17-10-3-6-13(12(18)8-10)22-11-4-1-9(2-5-11)7-14-15(20)19-16(21)23-14/h1-6,8,20H,7H2,(H,19,21). The van der Waals surface area contributed by atoms with Gasteiger partial charge in [0.1, 0.15) is 11.5 Å². The van der Waals surface area contributed by atoms with Crippen molar-refractivity contribution in [2.75, 3.05) is 0 Å². The fourth-order valence-electron chi connectivity index (χ4n) is 2.02. The van der Waals surface area contributed by atoms with Crippen LogP contribution in [0.5, 0.6) is 17.4 Å². The van der Waals surface area contributed by atoms with E-state index in [4.69, 9.17) is 27.9 Å². The number of aromatic hydroxyl groups is 1. The van der Waals surface area contributed by atoms with Crippen molar-refractivity contribution in [2.24, 2.45) is 0 Å². The molecule has 0 amide bonds. The molecule has 3 rings (SSSR count). The maximum absolute atomic E-state index is 11.2. The summed E-state index contributed by atoms with van der Waals surface area (Å²) in [7, 11) is 0. The molecule has 0 aliphatic rings. The summed E-state index contributed by atoms with van der Waals surface area (Å²) in [5, 5.41) is 10.6. The van der Waals surface area contributed by atoms with Gasteiger partial charge in [0.15, 0.2) is 0 Å². The third-order valence-corrected chi connectivity index (χ3v) is 4.51. The summed E-state index contributed by atoms with van der Waals surface area (Å²) >= 11 is 12.9. The molecular weight excluding hydrogens is 357 g/mol. The number of hydrogen-bond acceptors (Lipinski definition) is 4. The Morgan fingerprint density at radius 1 is 1.13 bits per heavy atom. The number of H-pyrrole nitrogens is 1. The van der Waals surface area contributed by atoms with Crippen molar-refractivity contribution in [3.05, 3.63) is 72.6 Å². The van der Waals surface area contributed by atoms with Crippen LogP contribution in [0.4, 0.5) is 0 Å². The molecule has 0 radical (unpaired) electrons. The molecule has 23 heavy (non-hydrogen) atoms. The lowest BCUT2D eigenvalue weighted by molar-refractivity contribution is 0.451. The number of halogens is 2. The minimum absolute atomic E-state index is 0.0757. The average molecular weight is 368 g/mol. The topological polar surface area (TPSA) is 62.3 Å². The summed E-state index contributed by atoms with van der Waals surface area (Å²) in [4.78, 5) is 13.9. The van der Waals surface area contributed by atoms with Gasteiger partial charge in [0, 0.05) is 11.4 Å². The number of ether oxygens (including phenoxy) is 1. The summed E-state index contributed by atoms with van der Waals surface area (Å²) in [5.41, 5.74) is 0.949. The van der Waals surface area contributed by atoms with Crippen LogP contribution >= 0.6 is 34.5 Å². The van der Waals surface area contributed by atoms with Crippen LogP contribution in [0.3, 0.4) is 0 Å². The molecular formula is C16H11Cl2NO3S. The molecule has 0 unspecified atom stereocenters. The number of rotatable bonds is 4. The van der Waals surface area contributed by atoms with E-state index in [0.717, 1.165) is 16.9 Å². The highest BCUT2D eigenvalue weighted by Crippen LogP contribution is 2.32. The molecule has 0 aliphatic carbocycles. The second-order valence-electron chi connectivity index (χ2n) is 4.78. The Morgan fingerprint density at radius 3 is 2.48 bits per heavy atom. The lowest BCUT2D eigenvalue weighted by Crippen LogP contribution is -1.89. The number of thiazole rings is 1. The van der Waals surface area contributed by atoms with E-state index < -0.39 is 0 Å². The predicted octanol–water partition coefficient (Wildman–Crippen LogP) is 4.83. The molecule has 0 spiro atoms. The Balaban J connectivity index is 1.74. The van der Waals surface area contributed by atoms with E-state index in [0.29, 0.717) is 32.8 Å². The minimum atomic E-state index is -0.269. The average Bonchev–Trinajstić information content (AvgIpc) is 2.82. The zero-order chi connectivity index (χ0) is 16.4. The van der Waals surface area contributed by atoms with Crippen molar-refractivity contribution < 1.29 is 9.84 Å². The number of aromatic nitrogens is 1. The molecule has 7 heteroatoms. The third-order valence-electron chi connectivity index (χ3n) is 3.11. The SMILES string of the molecule is O=c1[nH]c(O)c(Cc2ccc(Oc3ccc(Cl)cc3Cl)cc2)s1. The van der Waals surface area contributed by atoms with E-state index in [1.54, 1.807) is 30.3 Å². The van der Waals surface area contributed by atoms with Gasteiger partial charge in [-0.25, -0.2) is 0 Å². The molecule has 118 valence electrons. The number of benzene rings is 2. The number of aromatic amines is 1. The van der Waals surface area contributed by atoms with Crippen LogP contribution in [-0.4, -0.2) is 10.1 Å². The Bertz CT molecular complexity index is 887. The molecule has 0 bridgehead atoms. The van der Waals surface area contributed by atoms with Gasteiger partial charge >= 0.3 is 4.87 Å². The lowest BCUT2D eigenvalue weighted by atomic mass is 10.1. The Kier molecular flexibility index (Phi) is 4.61. The summed E-state index contributed by atoms with van der Waals surface area (Å²) in [6.07, 6.45) is 0.469. The van der Waals surface area contributed by atoms with Crippen LogP contribution in [0.25, 0.3) is 0 Å². The maximum atomic E-state index is 11.2. The van der Waals surface area contributed by atoms with Crippen LogP contribution in [0.2, 0.25) is 10.0 Å². The monoisotopic (exact) mass is 367 g/mol. The zero-order valence-corrected chi connectivity index (χ0v) is 14.0. The van der Waals surface area contributed by atoms with Crippen molar-refractivity contribution in [1.29, 1.82) is 0 Å². The normalized spacial score (nSPS) is 10.7. The van der Waals surface area contributed by atoms with Crippen LogP contribution in [-0.2, 0) is 6.42 Å². The van der Waals surface area contributed by atoms with E-state index in [9.17, 15) is 9.90 Å². The van der Waals surface area contributed by atoms with Gasteiger partial charge in [-0.1, -0.05) is 46.7 Å². The molecule has 2 aromatic carbocycles. The molecule has 0 aliphatic heterocycles. The lowest BCUT2D eigenvalue weighted by Gasteiger charge is -2.08. The predicted molar refractivity (Wildman–Crippen MR) is 92.4 cm³/mol. The van der Waals surface area contributed by atoms with E-state index in [1.807, 2.05) is 12.1 Å². The van der Waals surface area contributed by atoms with E-state index in [1.165, 1.54) is 0 Å². The molecule has 2 N–H and O–H groups in total. The molecule has 0 saturated heterocycles. The highest BCUT2D eigenvalue weighted by molar-refractivity contribution is 7.09. The third kappa shape index (κ3) is 3.88.